The van der Waals surface area contributed by atoms with Gasteiger partial charge in [0.05, 0.1) is 13.7 Å². The van der Waals surface area contributed by atoms with E-state index < -0.39 is 0 Å². The molecule has 1 unspecified atom stereocenters. The lowest BCUT2D eigenvalue weighted by molar-refractivity contribution is -0.120. The molecule has 0 saturated carbocycles. The number of carbonyl (C=O) groups excluding carboxylic acids is 1. The molecule has 2 aliphatic rings. The van der Waals surface area contributed by atoms with Crippen LogP contribution < -0.4 is 15.0 Å². The molecule has 1 amide bonds. The number of rotatable bonds is 5. The van der Waals surface area contributed by atoms with Crippen LogP contribution in [-0.2, 0) is 11.2 Å². The molecule has 3 heterocycles. The summed E-state index contributed by atoms with van der Waals surface area (Å²) < 4.78 is 5.15. The number of ether oxygens (including phenoxy) is 1. The number of benzene rings is 1. The van der Waals surface area contributed by atoms with Gasteiger partial charge in [0.2, 0.25) is 17.7 Å². The fourth-order valence-corrected chi connectivity index (χ4v) is 4.16. The van der Waals surface area contributed by atoms with Crippen molar-refractivity contribution in [3.05, 3.63) is 42.1 Å². The Bertz CT molecular complexity index is 835. The van der Waals surface area contributed by atoms with Crippen LogP contribution in [0.25, 0.3) is 0 Å². The number of piperidine rings is 1. The van der Waals surface area contributed by atoms with Crippen molar-refractivity contribution in [2.45, 2.75) is 38.3 Å². The first kappa shape index (κ1) is 18.7. The molecule has 0 spiro atoms. The molecule has 28 heavy (non-hydrogen) atoms. The zero-order valence-electron chi connectivity index (χ0n) is 16.5. The van der Waals surface area contributed by atoms with Gasteiger partial charge < -0.3 is 15.0 Å². The van der Waals surface area contributed by atoms with E-state index in [1.807, 2.05) is 17.0 Å². The smallest absolute Gasteiger partial charge is 0.241 e. The SMILES string of the molecule is COc1ccnc(NC2CCN(CC(=O)N3c4ccccc4CC3C)CC2)n1. The summed E-state index contributed by atoms with van der Waals surface area (Å²) in [6.45, 7) is 4.37. The number of carbonyl (C=O) groups is 1. The van der Waals surface area contributed by atoms with Gasteiger partial charge in [0, 0.05) is 43.1 Å². The van der Waals surface area contributed by atoms with Crippen molar-refractivity contribution in [3.63, 3.8) is 0 Å². The number of hydrogen-bond donors (Lipinski definition) is 1. The highest BCUT2D eigenvalue weighted by molar-refractivity contribution is 5.97. The van der Waals surface area contributed by atoms with Crippen LogP contribution in [0.4, 0.5) is 11.6 Å². The Kier molecular flexibility index (Phi) is 5.43. The maximum absolute atomic E-state index is 13.0. The largest absolute Gasteiger partial charge is 0.481 e. The minimum Gasteiger partial charge on any atom is -0.481 e. The summed E-state index contributed by atoms with van der Waals surface area (Å²) in [5.74, 6) is 1.34. The molecule has 2 aliphatic heterocycles. The number of amides is 1. The predicted molar refractivity (Wildman–Crippen MR) is 109 cm³/mol. The van der Waals surface area contributed by atoms with Gasteiger partial charge in [-0.3, -0.25) is 9.69 Å². The molecule has 1 aromatic carbocycles. The highest BCUT2D eigenvalue weighted by Gasteiger charge is 2.32. The maximum Gasteiger partial charge on any atom is 0.241 e. The monoisotopic (exact) mass is 381 g/mol. The lowest BCUT2D eigenvalue weighted by Crippen LogP contribution is -2.47. The molecule has 2 aromatic rings. The first-order chi connectivity index (χ1) is 13.6. The topological polar surface area (TPSA) is 70.6 Å². The number of hydrogen-bond acceptors (Lipinski definition) is 6. The number of para-hydroxylation sites is 1. The summed E-state index contributed by atoms with van der Waals surface area (Å²) in [7, 11) is 1.60. The van der Waals surface area contributed by atoms with Crippen LogP contribution in [0.5, 0.6) is 5.88 Å². The predicted octanol–water partition coefficient (Wildman–Crippen LogP) is 2.34. The van der Waals surface area contributed by atoms with Gasteiger partial charge in [0.15, 0.2) is 0 Å². The quantitative estimate of drug-likeness (QED) is 0.857. The minimum absolute atomic E-state index is 0.194. The van der Waals surface area contributed by atoms with E-state index in [9.17, 15) is 4.79 Å². The van der Waals surface area contributed by atoms with E-state index in [1.54, 1.807) is 19.4 Å². The van der Waals surface area contributed by atoms with Gasteiger partial charge in [-0.25, -0.2) is 4.98 Å². The first-order valence-electron chi connectivity index (χ1n) is 9.90. The van der Waals surface area contributed by atoms with Gasteiger partial charge in [0.25, 0.3) is 0 Å². The zero-order valence-corrected chi connectivity index (χ0v) is 16.5. The third-order valence-electron chi connectivity index (χ3n) is 5.59. The Hall–Kier alpha value is -2.67. The van der Waals surface area contributed by atoms with E-state index in [2.05, 4.69) is 39.2 Å². The first-order valence-corrected chi connectivity index (χ1v) is 9.90. The second-order valence-electron chi connectivity index (χ2n) is 7.56. The van der Waals surface area contributed by atoms with Crippen LogP contribution in [0.15, 0.2) is 36.5 Å². The lowest BCUT2D eigenvalue weighted by atomic mass is 10.1. The Morgan fingerprint density at radius 2 is 2.04 bits per heavy atom. The Labute approximate surface area is 165 Å². The second-order valence-corrected chi connectivity index (χ2v) is 7.56. The lowest BCUT2D eigenvalue weighted by Gasteiger charge is -2.33. The standard InChI is InChI=1S/C21H27N5O2/c1-15-13-16-5-3-4-6-18(16)26(15)20(27)14-25-11-8-17(9-12-25)23-21-22-10-7-19(24-21)28-2/h3-7,10,15,17H,8-9,11-14H2,1-2H3,(H,22,23,24). The molecule has 7 heteroatoms. The molecular formula is C21H27N5O2. The Balaban J connectivity index is 1.30. The van der Waals surface area contributed by atoms with E-state index in [-0.39, 0.29) is 11.9 Å². The molecule has 1 saturated heterocycles. The molecule has 1 atom stereocenters. The third-order valence-corrected chi connectivity index (χ3v) is 5.59. The Morgan fingerprint density at radius 1 is 1.25 bits per heavy atom. The maximum atomic E-state index is 13.0. The van der Waals surface area contributed by atoms with Gasteiger partial charge in [-0.1, -0.05) is 18.2 Å². The van der Waals surface area contributed by atoms with E-state index in [0.717, 1.165) is 38.0 Å². The molecule has 0 radical (unpaired) electrons. The minimum atomic E-state index is 0.194. The van der Waals surface area contributed by atoms with Gasteiger partial charge in [0.1, 0.15) is 0 Å². The van der Waals surface area contributed by atoms with Crippen molar-refractivity contribution in [3.8, 4) is 5.88 Å². The van der Waals surface area contributed by atoms with E-state index in [0.29, 0.717) is 24.4 Å². The number of methoxy groups -OCH3 is 1. The Morgan fingerprint density at radius 3 is 2.82 bits per heavy atom. The summed E-state index contributed by atoms with van der Waals surface area (Å²) in [6.07, 6.45) is 4.55. The number of fused-ring (bicyclic) bond motifs is 1. The van der Waals surface area contributed by atoms with Gasteiger partial charge >= 0.3 is 0 Å². The molecule has 0 aliphatic carbocycles. The molecule has 1 N–H and O–H groups in total. The van der Waals surface area contributed by atoms with Crippen LogP contribution in [0, 0.1) is 0 Å². The fraction of sp³-hybridized carbons (Fsp3) is 0.476. The average molecular weight is 381 g/mol. The second kappa shape index (κ2) is 8.14. The van der Waals surface area contributed by atoms with Crippen LogP contribution in [0.3, 0.4) is 0 Å². The van der Waals surface area contributed by atoms with Gasteiger partial charge in [-0.05, 0) is 37.8 Å². The van der Waals surface area contributed by atoms with Crippen molar-refractivity contribution >= 4 is 17.5 Å². The van der Waals surface area contributed by atoms with Crippen molar-refractivity contribution in [1.82, 2.24) is 14.9 Å². The zero-order chi connectivity index (χ0) is 19.5. The van der Waals surface area contributed by atoms with Crippen LogP contribution >= 0.6 is 0 Å². The average Bonchev–Trinajstić information content (AvgIpc) is 3.05. The highest BCUT2D eigenvalue weighted by atomic mass is 16.5. The van der Waals surface area contributed by atoms with E-state index >= 15 is 0 Å². The molecule has 1 fully saturated rings. The highest BCUT2D eigenvalue weighted by Crippen LogP contribution is 2.32. The van der Waals surface area contributed by atoms with Crippen LogP contribution in [0.2, 0.25) is 0 Å². The molecule has 1 aromatic heterocycles. The molecule has 0 bridgehead atoms. The van der Waals surface area contributed by atoms with Gasteiger partial charge in [-0.15, -0.1) is 0 Å². The molecule has 148 valence electrons. The molecular weight excluding hydrogens is 354 g/mol. The number of anilines is 2. The van der Waals surface area contributed by atoms with Crippen LogP contribution in [-0.4, -0.2) is 59.6 Å². The van der Waals surface area contributed by atoms with Gasteiger partial charge in [-0.2, -0.15) is 4.98 Å². The number of nitrogens with zero attached hydrogens (tertiary/aromatic N) is 4. The third kappa shape index (κ3) is 3.94. The van der Waals surface area contributed by atoms with Crippen molar-refractivity contribution in [1.29, 1.82) is 0 Å². The number of aromatic nitrogens is 2. The summed E-state index contributed by atoms with van der Waals surface area (Å²) >= 11 is 0. The van der Waals surface area contributed by atoms with Crippen molar-refractivity contribution in [2.24, 2.45) is 0 Å². The molecule has 7 nitrogen and oxygen atoms in total. The molecule has 4 rings (SSSR count). The van der Waals surface area contributed by atoms with Crippen molar-refractivity contribution < 1.29 is 9.53 Å². The summed E-state index contributed by atoms with van der Waals surface area (Å²) in [5.41, 5.74) is 2.34. The van der Waals surface area contributed by atoms with Crippen LogP contribution in [0.1, 0.15) is 25.3 Å². The number of nitrogens with one attached hydrogen (secondary N) is 1. The summed E-state index contributed by atoms with van der Waals surface area (Å²) in [4.78, 5) is 25.8. The fourth-order valence-electron chi connectivity index (χ4n) is 4.16. The number of likely N-dealkylation sites (tertiary alicyclic amines) is 1. The summed E-state index contributed by atoms with van der Waals surface area (Å²) in [6, 6.07) is 10.5. The van der Waals surface area contributed by atoms with Crippen molar-refractivity contribution in [2.75, 3.05) is 37.0 Å². The summed E-state index contributed by atoms with van der Waals surface area (Å²) in [5, 5.41) is 3.38. The normalized spacial score (nSPS) is 20.1. The van der Waals surface area contributed by atoms with E-state index in [4.69, 9.17) is 4.74 Å². The van der Waals surface area contributed by atoms with E-state index in [1.165, 1.54) is 5.56 Å².